The molecule has 0 unspecified atom stereocenters. The predicted octanol–water partition coefficient (Wildman–Crippen LogP) is 5.11. The number of anilines is 1. The number of amides is 2. The maximum atomic E-state index is 14.3. The second-order valence-corrected chi connectivity index (χ2v) is 8.49. The van der Waals surface area contributed by atoms with Gasteiger partial charge in [0.2, 0.25) is 0 Å². The average molecular weight is 487 g/mol. The molecule has 1 heterocycles. The number of hydrogen-bond acceptors (Lipinski definition) is 3. The van der Waals surface area contributed by atoms with Crippen molar-refractivity contribution in [3.63, 3.8) is 0 Å². The number of benzene rings is 3. The van der Waals surface area contributed by atoms with Crippen molar-refractivity contribution in [1.29, 1.82) is 0 Å². The van der Waals surface area contributed by atoms with E-state index in [2.05, 4.69) is 5.32 Å². The first-order chi connectivity index (χ1) is 15.9. The maximum absolute atomic E-state index is 14.3. The van der Waals surface area contributed by atoms with Crippen molar-refractivity contribution >= 4 is 40.7 Å². The van der Waals surface area contributed by atoms with Crippen molar-refractivity contribution in [2.45, 2.75) is 12.8 Å². The van der Waals surface area contributed by atoms with Gasteiger partial charge in [-0.15, -0.1) is 0 Å². The first-order valence-electron chi connectivity index (χ1n) is 10.5. The highest BCUT2D eigenvalue weighted by Gasteiger charge is 2.27. The summed E-state index contributed by atoms with van der Waals surface area (Å²) in [6.45, 7) is 0.465. The maximum Gasteiger partial charge on any atom is 0.262 e. The Morgan fingerprint density at radius 3 is 2.64 bits per heavy atom. The van der Waals surface area contributed by atoms with Crippen LogP contribution in [0.3, 0.4) is 0 Å². The molecule has 2 N–H and O–H groups in total. The zero-order chi connectivity index (χ0) is 23.5. The molecule has 8 heteroatoms. The van der Waals surface area contributed by atoms with Gasteiger partial charge in [0, 0.05) is 34.9 Å². The molecule has 0 spiro atoms. The topological polar surface area (TPSA) is 69.6 Å². The van der Waals surface area contributed by atoms with Crippen molar-refractivity contribution in [2.24, 2.45) is 0 Å². The number of carbonyl (C=O) groups is 2. The Bertz CT molecular complexity index is 1210. The zero-order valence-electron chi connectivity index (χ0n) is 17.6. The second-order valence-electron chi connectivity index (χ2n) is 7.67. The van der Waals surface area contributed by atoms with Gasteiger partial charge in [0.25, 0.3) is 11.8 Å². The van der Waals surface area contributed by atoms with Crippen molar-refractivity contribution in [2.75, 3.05) is 24.6 Å². The van der Waals surface area contributed by atoms with Crippen molar-refractivity contribution in [3.05, 3.63) is 87.2 Å². The number of nitrogens with zero attached hydrogens (tertiary/aromatic N) is 1. The van der Waals surface area contributed by atoms with Crippen LogP contribution in [0.25, 0.3) is 11.1 Å². The summed E-state index contributed by atoms with van der Waals surface area (Å²) >= 11 is 12.5. The highest BCUT2D eigenvalue weighted by atomic mass is 35.5. The summed E-state index contributed by atoms with van der Waals surface area (Å²) in [5.41, 5.74) is 3.38. The van der Waals surface area contributed by atoms with Crippen LogP contribution in [0.1, 0.15) is 32.7 Å². The summed E-state index contributed by atoms with van der Waals surface area (Å²) < 4.78 is 14.3. The number of nitrogens with one attached hydrogen (secondary N) is 1. The fourth-order valence-corrected chi connectivity index (χ4v) is 4.44. The molecule has 5 nitrogen and oxygen atoms in total. The fraction of sp³-hybridized carbons (Fsp3) is 0.200. The lowest BCUT2D eigenvalue weighted by atomic mass is 9.94. The van der Waals surface area contributed by atoms with E-state index in [0.29, 0.717) is 34.8 Å². The molecule has 4 rings (SSSR count). The minimum Gasteiger partial charge on any atom is -0.395 e. The molecule has 0 fully saturated rings. The summed E-state index contributed by atoms with van der Waals surface area (Å²) in [7, 11) is 0. The zero-order valence-corrected chi connectivity index (χ0v) is 19.1. The summed E-state index contributed by atoms with van der Waals surface area (Å²) in [5.74, 6) is -1.44. The standard InChI is InChI=1S/C25H21Cl2FN2O3/c26-19-8-6-17(24(32)29-10-12-31)14-18(19)15-7-9-22-16(13-15)3-2-11-30(22)25(33)23-20(27)4-1-5-21(23)28/h1,4-9,13-14,31H,2-3,10-12H2,(H,29,32). The van der Waals surface area contributed by atoms with E-state index < -0.39 is 11.7 Å². The third-order valence-electron chi connectivity index (χ3n) is 5.56. The summed E-state index contributed by atoms with van der Waals surface area (Å²) in [6, 6.07) is 14.7. The SMILES string of the molecule is O=C(NCCO)c1ccc(Cl)c(-c2ccc3c(c2)CCCN3C(=O)c2c(F)cccc2Cl)c1. The van der Waals surface area contributed by atoms with E-state index >= 15 is 0 Å². The molecule has 0 atom stereocenters. The lowest BCUT2D eigenvalue weighted by Gasteiger charge is -2.30. The van der Waals surface area contributed by atoms with Gasteiger partial charge < -0.3 is 15.3 Å². The van der Waals surface area contributed by atoms with E-state index in [9.17, 15) is 14.0 Å². The molecule has 2 amide bonds. The van der Waals surface area contributed by atoms with Crippen LogP contribution < -0.4 is 10.2 Å². The van der Waals surface area contributed by atoms with Crippen LogP contribution in [0.15, 0.2) is 54.6 Å². The molecular formula is C25H21Cl2FN2O3. The molecule has 0 saturated carbocycles. The number of aryl methyl sites for hydroxylation is 1. The van der Waals surface area contributed by atoms with Gasteiger partial charge in [-0.05, 0) is 66.4 Å². The number of rotatable bonds is 5. The van der Waals surface area contributed by atoms with Crippen molar-refractivity contribution in [3.8, 4) is 11.1 Å². The average Bonchev–Trinajstić information content (AvgIpc) is 2.81. The van der Waals surface area contributed by atoms with E-state index in [0.717, 1.165) is 17.5 Å². The van der Waals surface area contributed by atoms with Crippen LogP contribution in [0.4, 0.5) is 10.1 Å². The van der Waals surface area contributed by atoms with Crippen LogP contribution in [0, 0.1) is 5.82 Å². The van der Waals surface area contributed by atoms with Gasteiger partial charge in [0.05, 0.1) is 17.2 Å². The van der Waals surface area contributed by atoms with Gasteiger partial charge in [0.15, 0.2) is 0 Å². The molecule has 170 valence electrons. The Hall–Kier alpha value is -2.93. The number of aliphatic hydroxyl groups is 1. The molecule has 0 aromatic heterocycles. The van der Waals surface area contributed by atoms with Crippen LogP contribution in [0.2, 0.25) is 10.0 Å². The van der Waals surface area contributed by atoms with Gasteiger partial charge in [-0.1, -0.05) is 35.3 Å². The van der Waals surface area contributed by atoms with Crippen LogP contribution in [0.5, 0.6) is 0 Å². The van der Waals surface area contributed by atoms with Crippen LogP contribution >= 0.6 is 23.2 Å². The molecule has 0 radical (unpaired) electrons. The molecule has 1 aliphatic heterocycles. The molecule has 3 aromatic rings. The number of carbonyl (C=O) groups excluding carboxylic acids is 2. The quantitative estimate of drug-likeness (QED) is 0.526. The number of aliphatic hydroxyl groups excluding tert-OH is 1. The fourth-order valence-electron chi connectivity index (χ4n) is 3.97. The predicted molar refractivity (Wildman–Crippen MR) is 128 cm³/mol. The smallest absolute Gasteiger partial charge is 0.262 e. The second kappa shape index (κ2) is 9.91. The summed E-state index contributed by atoms with van der Waals surface area (Å²) in [5, 5.41) is 12.1. The highest BCUT2D eigenvalue weighted by molar-refractivity contribution is 6.34. The molecular weight excluding hydrogens is 466 g/mol. The highest BCUT2D eigenvalue weighted by Crippen LogP contribution is 2.36. The third-order valence-corrected chi connectivity index (χ3v) is 6.20. The van der Waals surface area contributed by atoms with Crippen molar-refractivity contribution in [1.82, 2.24) is 5.32 Å². The van der Waals surface area contributed by atoms with E-state index in [1.807, 2.05) is 18.2 Å². The van der Waals surface area contributed by atoms with Gasteiger partial charge in [0.1, 0.15) is 5.82 Å². The molecule has 0 saturated heterocycles. The number of halogens is 3. The lowest BCUT2D eigenvalue weighted by molar-refractivity contribution is 0.0943. The third kappa shape index (κ3) is 4.74. The van der Waals surface area contributed by atoms with Crippen LogP contribution in [-0.2, 0) is 6.42 Å². The summed E-state index contributed by atoms with van der Waals surface area (Å²) in [6.07, 6.45) is 1.46. The Balaban J connectivity index is 1.68. The van der Waals surface area contributed by atoms with E-state index in [1.54, 1.807) is 23.1 Å². The van der Waals surface area contributed by atoms with Gasteiger partial charge in [-0.25, -0.2) is 4.39 Å². The monoisotopic (exact) mass is 486 g/mol. The minimum atomic E-state index is -0.653. The van der Waals surface area contributed by atoms with Gasteiger partial charge >= 0.3 is 0 Å². The first-order valence-corrected chi connectivity index (χ1v) is 11.2. The molecule has 1 aliphatic rings. The van der Waals surface area contributed by atoms with E-state index in [1.165, 1.54) is 18.2 Å². The summed E-state index contributed by atoms with van der Waals surface area (Å²) in [4.78, 5) is 27.0. The van der Waals surface area contributed by atoms with E-state index in [-0.39, 0.29) is 29.6 Å². The lowest BCUT2D eigenvalue weighted by Crippen LogP contribution is -2.36. The minimum absolute atomic E-state index is 0.0758. The van der Waals surface area contributed by atoms with Gasteiger partial charge in [-0.2, -0.15) is 0 Å². The molecule has 0 bridgehead atoms. The van der Waals surface area contributed by atoms with E-state index in [4.69, 9.17) is 28.3 Å². The number of hydrogen-bond donors (Lipinski definition) is 2. The largest absolute Gasteiger partial charge is 0.395 e. The molecule has 3 aromatic carbocycles. The molecule has 0 aliphatic carbocycles. The van der Waals surface area contributed by atoms with Crippen molar-refractivity contribution < 1.29 is 19.1 Å². The Morgan fingerprint density at radius 2 is 1.88 bits per heavy atom. The molecule has 33 heavy (non-hydrogen) atoms. The van der Waals surface area contributed by atoms with Crippen LogP contribution in [-0.4, -0.2) is 36.6 Å². The number of fused-ring (bicyclic) bond motifs is 1. The Kier molecular flexibility index (Phi) is 6.98. The Morgan fingerprint density at radius 1 is 1.06 bits per heavy atom. The Labute approximate surface area is 200 Å². The normalized spacial score (nSPS) is 12.9. The van der Waals surface area contributed by atoms with Gasteiger partial charge in [-0.3, -0.25) is 9.59 Å². The first kappa shape index (κ1) is 23.2.